The first-order chi connectivity index (χ1) is 12.6. The van der Waals surface area contributed by atoms with Gasteiger partial charge in [-0.1, -0.05) is 30.3 Å². The van der Waals surface area contributed by atoms with Gasteiger partial charge in [0.05, 0.1) is 14.2 Å². The standard InChI is InChI=1S/C20H22N2O4/c1-25-18-9-5-6-13(19(18)26-2)11-22-17(20(23)24)10-14-12-21-16-8-4-3-7-15(14)16/h3-9,12,17,21-22H,10-11H2,1-2H3,(H,23,24)/t17-/m0/s1. The SMILES string of the molecule is COc1cccc(CN[C@@H](Cc2c[nH]c3ccccc23)C(=O)O)c1OC. The average Bonchev–Trinajstić information content (AvgIpc) is 3.07. The van der Waals surface area contributed by atoms with E-state index in [4.69, 9.17) is 9.47 Å². The molecule has 0 saturated carbocycles. The van der Waals surface area contributed by atoms with Gasteiger partial charge in [0.15, 0.2) is 11.5 Å². The number of aromatic amines is 1. The molecule has 6 nitrogen and oxygen atoms in total. The number of carbonyl (C=O) groups is 1. The number of benzene rings is 2. The van der Waals surface area contributed by atoms with E-state index < -0.39 is 12.0 Å². The van der Waals surface area contributed by atoms with Crippen molar-refractivity contribution in [2.75, 3.05) is 14.2 Å². The Hall–Kier alpha value is -2.99. The lowest BCUT2D eigenvalue weighted by atomic mass is 10.0. The third-order valence-corrected chi connectivity index (χ3v) is 4.42. The molecule has 26 heavy (non-hydrogen) atoms. The first kappa shape index (κ1) is 17.8. The van der Waals surface area contributed by atoms with Crippen LogP contribution in [0.2, 0.25) is 0 Å². The van der Waals surface area contributed by atoms with Gasteiger partial charge in [-0.05, 0) is 17.7 Å². The number of H-pyrrole nitrogens is 1. The fraction of sp³-hybridized carbons (Fsp3) is 0.250. The fourth-order valence-corrected chi connectivity index (χ4v) is 3.09. The lowest BCUT2D eigenvalue weighted by molar-refractivity contribution is -0.139. The van der Waals surface area contributed by atoms with Crippen LogP contribution in [0.5, 0.6) is 11.5 Å². The molecule has 2 aromatic carbocycles. The number of ether oxygens (including phenoxy) is 2. The van der Waals surface area contributed by atoms with Crippen molar-refractivity contribution >= 4 is 16.9 Å². The molecule has 6 heteroatoms. The number of nitrogens with one attached hydrogen (secondary N) is 2. The van der Waals surface area contributed by atoms with Crippen LogP contribution in [0.1, 0.15) is 11.1 Å². The van der Waals surface area contributed by atoms with Crippen LogP contribution < -0.4 is 14.8 Å². The minimum Gasteiger partial charge on any atom is -0.493 e. The summed E-state index contributed by atoms with van der Waals surface area (Å²) in [4.78, 5) is 14.9. The molecule has 3 N–H and O–H groups in total. The predicted octanol–water partition coefficient (Wildman–Crippen LogP) is 2.97. The first-order valence-electron chi connectivity index (χ1n) is 8.35. The number of methoxy groups -OCH3 is 2. The highest BCUT2D eigenvalue weighted by Gasteiger charge is 2.20. The molecule has 1 atom stereocenters. The zero-order valence-corrected chi connectivity index (χ0v) is 14.8. The van der Waals surface area contributed by atoms with Crippen molar-refractivity contribution in [3.63, 3.8) is 0 Å². The maximum absolute atomic E-state index is 11.7. The number of aromatic nitrogens is 1. The quantitative estimate of drug-likeness (QED) is 0.579. The van der Waals surface area contributed by atoms with E-state index >= 15 is 0 Å². The summed E-state index contributed by atoms with van der Waals surface area (Å²) in [5.74, 6) is 0.339. The summed E-state index contributed by atoms with van der Waals surface area (Å²) in [5.41, 5.74) is 2.82. The number of hydrogen-bond acceptors (Lipinski definition) is 4. The Morgan fingerprint density at radius 1 is 1.12 bits per heavy atom. The van der Waals surface area contributed by atoms with Crippen LogP contribution in [-0.4, -0.2) is 36.3 Å². The highest BCUT2D eigenvalue weighted by atomic mass is 16.5. The molecule has 1 aromatic heterocycles. The molecule has 0 radical (unpaired) electrons. The summed E-state index contributed by atoms with van der Waals surface area (Å²) in [5, 5.41) is 13.8. The molecule has 0 spiro atoms. The molecule has 0 aliphatic carbocycles. The van der Waals surface area contributed by atoms with Crippen LogP contribution in [0.25, 0.3) is 10.9 Å². The summed E-state index contributed by atoms with van der Waals surface area (Å²) < 4.78 is 10.7. The van der Waals surface area contributed by atoms with Crippen LogP contribution in [0.15, 0.2) is 48.7 Å². The zero-order valence-electron chi connectivity index (χ0n) is 14.8. The van der Waals surface area contributed by atoms with Crippen molar-refractivity contribution in [3.8, 4) is 11.5 Å². The van der Waals surface area contributed by atoms with E-state index in [1.54, 1.807) is 14.2 Å². The van der Waals surface area contributed by atoms with E-state index in [-0.39, 0.29) is 0 Å². The summed E-state index contributed by atoms with van der Waals surface area (Å²) in [6.07, 6.45) is 2.25. The zero-order chi connectivity index (χ0) is 18.5. The summed E-state index contributed by atoms with van der Waals surface area (Å²) in [6, 6.07) is 12.7. The van der Waals surface area contributed by atoms with Gasteiger partial charge in [0.2, 0.25) is 0 Å². The Morgan fingerprint density at radius 2 is 1.92 bits per heavy atom. The number of rotatable bonds is 8. The highest BCUT2D eigenvalue weighted by molar-refractivity contribution is 5.84. The Balaban J connectivity index is 1.77. The molecule has 3 aromatic rings. The monoisotopic (exact) mass is 354 g/mol. The molecule has 0 amide bonds. The average molecular weight is 354 g/mol. The van der Waals surface area contributed by atoms with E-state index in [0.29, 0.717) is 24.5 Å². The Kier molecular flexibility index (Phi) is 5.43. The maximum Gasteiger partial charge on any atom is 0.321 e. The van der Waals surface area contributed by atoms with Crippen molar-refractivity contribution in [1.82, 2.24) is 10.3 Å². The second-order valence-corrected chi connectivity index (χ2v) is 5.99. The second-order valence-electron chi connectivity index (χ2n) is 5.99. The first-order valence-corrected chi connectivity index (χ1v) is 8.35. The molecule has 0 aliphatic rings. The summed E-state index contributed by atoms with van der Waals surface area (Å²) >= 11 is 0. The van der Waals surface area contributed by atoms with Crippen molar-refractivity contribution in [3.05, 3.63) is 59.8 Å². The molecule has 0 aliphatic heterocycles. The third-order valence-electron chi connectivity index (χ3n) is 4.42. The molecule has 1 heterocycles. The summed E-state index contributed by atoms with van der Waals surface area (Å²) in [6.45, 7) is 0.361. The topological polar surface area (TPSA) is 83.6 Å². The van der Waals surface area contributed by atoms with Crippen molar-refractivity contribution < 1.29 is 19.4 Å². The number of para-hydroxylation sites is 2. The molecule has 0 unspecified atom stereocenters. The third kappa shape index (κ3) is 3.65. The second kappa shape index (κ2) is 7.93. The van der Waals surface area contributed by atoms with Gasteiger partial charge in [-0.15, -0.1) is 0 Å². The van der Waals surface area contributed by atoms with Gasteiger partial charge in [0, 0.05) is 35.6 Å². The van der Waals surface area contributed by atoms with Crippen LogP contribution >= 0.6 is 0 Å². The number of aliphatic carboxylic acids is 1. The van der Waals surface area contributed by atoms with Gasteiger partial charge in [-0.3, -0.25) is 10.1 Å². The maximum atomic E-state index is 11.7. The Labute approximate surface area is 151 Å². The number of carboxylic acid groups (broad SMARTS) is 1. The van der Waals surface area contributed by atoms with E-state index in [1.165, 1.54) is 0 Å². The normalized spacial score (nSPS) is 12.1. The van der Waals surface area contributed by atoms with Crippen LogP contribution in [0, 0.1) is 0 Å². The van der Waals surface area contributed by atoms with E-state index in [1.807, 2.05) is 48.7 Å². The molecule has 0 bridgehead atoms. The van der Waals surface area contributed by atoms with Crippen molar-refractivity contribution in [2.24, 2.45) is 0 Å². The number of hydrogen-bond donors (Lipinski definition) is 3. The summed E-state index contributed by atoms with van der Waals surface area (Å²) in [7, 11) is 3.15. The van der Waals surface area contributed by atoms with Gasteiger partial charge in [0.1, 0.15) is 6.04 Å². The molecule has 0 fully saturated rings. The molecular formula is C20H22N2O4. The minimum absolute atomic E-state index is 0.361. The van der Waals surface area contributed by atoms with Crippen LogP contribution in [0.3, 0.4) is 0 Å². The Bertz CT molecular complexity index is 904. The number of carboxylic acids is 1. The smallest absolute Gasteiger partial charge is 0.321 e. The fourth-order valence-electron chi connectivity index (χ4n) is 3.09. The minimum atomic E-state index is -0.892. The van der Waals surface area contributed by atoms with Gasteiger partial charge in [-0.2, -0.15) is 0 Å². The predicted molar refractivity (Wildman–Crippen MR) is 99.8 cm³/mol. The van der Waals surface area contributed by atoms with Gasteiger partial charge < -0.3 is 19.6 Å². The lowest BCUT2D eigenvalue weighted by Gasteiger charge is -2.17. The van der Waals surface area contributed by atoms with Gasteiger partial charge in [0.25, 0.3) is 0 Å². The van der Waals surface area contributed by atoms with E-state index in [9.17, 15) is 9.90 Å². The van der Waals surface area contributed by atoms with Gasteiger partial charge in [-0.25, -0.2) is 0 Å². The van der Waals surface area contributed by atoms with Crippen LogP contribution in [-0.2, 0) is 17.8 Å². The molecular weight excluding hydrogens is 332 g/mol. The highest BCUT2D eigenvalue weighted by Crippen LogP contribution is 2.30. The van der Waals surface area contributed by atoms with Gasteiger partial charge >= 0.3 is 5.97 Å². The molecule has 136 valence electrons. The van der Waals surface area contributed by atoms with Crippen molar-refractivity contribution in [2.45, 2.75) is 19.0 Å². The number of fused-ring (bicyclic) bond motifs is 1. The molecule has 3 rings (SSSR count). The largest absolute Gasteiger partial charge is 0.493 e. The molecule has 0 saturated heterocycles. The Morgan fingerprint density at radius 3 is 2.65 bits per heavy atom. The van der Waals surface area contributed by atoms with Crippen LogP contribution in [0.4, 0.5) is 0 Å². The van der Waals surface area contributed by atoms with Crippen molar-refractivity contribution in [1.29, 1.82) is 0 Å². The lowest BCUT2D eigenvalue weighted by Crippen LogP contribution is -2.38. The van der Waals surface area contributed by atoms with E-state index in [0.717, 1.165) is 22.0 Å². The van der Waals surface area contributed by atoms with E-state index in [2.05, 4.69) is 10.3 Å².